The van der Waals surface area contributed by atoms with Gasteiger partial charge in [-0.1, -0.05) is 0 Å². The van der Waals surface area contributed by atoms with Crippen molar-refractivity contribution < 1.29 is 23.0 Å². The minimum atomic E-state index is -4.58. The Labute approximate surface area is 84.6 Å². The average molecular weight is 236 g/mol. The average Bonchev–Trinajstić information content (AvgIpc) is 2.07. The summed E-state index contributed by atoms with van der Waals surface area (Å²) in [6.07, 6.45) is 0.506. The van der Waals surface area contributed by atoms with E-state index in [1.165, 1.54) is 0 Å². The molecule has 0 aromatic carbocycles. The Morgan fingerprint density at radius 1 is 1.60 bits per heavy atom. The van der Waals surface area contributed by atoms with Gasteiger partial charge in [-0.3, -0.25) is 20.4 Å². The van der Waals surface area contributed by atoms with Crippen LogP contribution in [0.1, 0.15) is 0 Å². The number of nitrogens with two attached hydrogens (primary N) is 1. The Bertz CT molecular complexity index is 452. The van der Waals surface area contributed by atoms with Crippen LogP contribution in [0.15, 0.2) is 23.1 Å². The largest absolute Gasteiger partial charge is 0.380 e. The van der Waals surface area contributed by atoms with Gasteiger partial charge in [0.25, 0.3) is 10.1 Å². The predicted octanol–water partition coefficient (Wildman–Crippen LogP) is -1.38. The molecule has 0 radical (unpaired) electrons. The minimum absolute atomic E-state index is 0.493. The van der Waals surface area contributed by atoms with Crippen molar-refractivity contribution in [3.8, 4) is 0 Å². The van der Waals surface area contributed by atoms with Crippen molar-refractivity contribution in [1.29, 1.82) is 0 Å². The van der Waals surface area contributed by atoms with E-state index >= 15 is 0 Å². The first-order valence-corrected chi connectivity index (χ1v) is 5.12. The molecule has 84 valence electrons. The van der Waals surface area contributed by atoms with Crippen molar-refractivity contribution in [3.05, 3.63) is 33.2 Å². The van der Waals surface area contributed by atoms with Crippen LogP contribution in [0.4, 0.5) is 0 Å². The maximum absolute atomic E-state index is 10.7. The van der Waals surface area contributed by atoms with Gasteiger partial charge in [-0.25, -0.2) is 0 Å². The SMILES string of the molecule is NC1([N+](=O)[O-])C=C(S(=O)(=O)O)C=CC1O. The molecule has 9 heteroatoms. The molecule has 0 bridgehead atoms. The number of allylic oxidation sites excluding steroid dienone is 1. The summed E-state index contributed by atoms with van der Waals surface area (Å²) < 4.78 is 30.0. The fourth-order valence-corrected chi connectivity index (χ4v) is 1.61. The number of aliphatic hydroxyl groups is 1. The second-order valence-corrected chi connectivity index (χ2v) is 4.39. The number of nitrogens with zero attached hydrogens (tertiary/aromatic N) is 1. The van der Waals surface area contributed by atoms with Gasteiger partial charge in [0, 0.05) is 11.0 Å². The van der Waals surface area contributed by atoms with Gasteiger partial charge in [-0.15, -0.1) is 0 Å². The first kappa shape index (κ1) is 11.8. The van der Waals surface area contributed by atoms with Crippen molar-refractivity contribution >= 4 is 10.1 Å². The Morgan fingerprint density at radius 3 is 2.53 bits per heavy atom. The molecular formula is C6H8N2O6S. The molecule has 0 heterocycles. The van der Waals surface area contributed by atoms with Gasteiger partial charge in [-0.2, -0.15) is 8.42 Å². The van der Waals surface area contributed by atoms with Crippen molar-refractivity contribution in [1.82, 2.24) is 0 Å². The zero-order chi connectivity index (χ0) is 11.9. The molecule has 8 nitrogen and oxygen atoms in total. The van der Waals surface area contributed by atoms with Crippen LogP contribution in [0.3, 0.4) is 0 Å². The molecule has 1 aliphatic rings. The van der Waals surface area contributed by atoms with E-state index in [-0.39, 0.29) is 0 Å². The molecule has 0 amide bonds. The van der Waals surface area contributed by atoms with Crippen LogP contribution in [0.2, 0.25) is 0 Å². The molecule has 0 spiro atoms. The lowest BCUT2D eigenvalue weighted by atomic mass is 10.00. The summed E-state index contributed by atoms with van der Waals surface area (Å²) >= 11 is 0. The van der Waals surface area contributed by atoms with Gasteiger partial charge in [0.05, 0.1) is 4.91 Å². The summed E-state index contributed by atoms with van der Waals surface area (Å²) in [5.41, 5.74) is 2.74. The van der Waals surface area contributed by atoms with Gasteiger partial charge in [0.15, 0.2) is 6.10 Å². The molecule has 0 aromatic rings. The van der Waals surface area contributed by atoms with E-state index in [4.69, 9.17) is 10.3 Å². The quantitative estimate of drug-likeness (QED) is 0.232. The highest BCUT2D eigenvalue weighted by molar-refractivity contribution is 7.90. The zero-order valence-corrected chi connectivity index (χ0v) is 8.09. The van der Waals surface area contributed by atoms with Gasteiger partial charge in [0.1, 0.15) is 0 Å². The zero-order valence-electron chi connectivity index (χ0n) is 7.27. The molecule has 1 rings (SSSR count). The van der Waals surface area contributed by atoms with Gasteiger partial charge < -0.3 is 5.11 Å². The van der Waals surface area contributed by atoms with Gasteiger partial charge in [0.2, 0.25) is 0 Å². The lowest BCUT2D eigenvalue weighted by Gasteiger charge is -2.23. The van der Waals surface area contributed by atoms with E-state index in [2.05, 4.69) is 0 Å². The summed E-state index contributed by atoms with van der Waals surface area (Å²) in [7, 11) is -4.58. The van der Waals surface area contributed by atoms with Gasteiger partial charge in [-0.05, 0) is 12.2 Å². The second kappa shape index (κ2) is 3.38. The van der Waals surface area contributed by atoms with E-state index in [9.17, 15) is 23.6 Å². The number of nitro groups is 1. The maximum Gasteiger partial charge on any atom is 0.322 e. The van der Waals surface area contributed by atoms with Crippen LogP contribution in [-0.4, -0.2) is 34.8 Å². The highest BCUT2D eigenvalue weighted by Crippen LogP contribution is 2.22. The Balaban J connectivity index is 3.29. The van der Waals surface area contributed by atoms with Crippen LogP contribution in [0.25, 0.3) is 0 Å². The monoisotopic (exact) mass is 236 g/mol. The third-order valence-corrected chi connectivity index (χ3v) is 2.75. The summed E-state index contributed by atoms with van der Waals surface area (Å²) in [4.78, 5) is 8.77. The lowest BCUT2D eigenvalue weighted by Crippen LogP contribution is -2.56. The van der Waals surface area contributed by atoms with Crippen molar-refractivity contribution in [3.63, 3.8) is 0 Å². The minimum Gasteiger partial charge on any atom is -0.380 e. The number of hydrogen-bond donors (Lipinski definition) is 3. The second-order valence-electron chi connectivity index (χ2n) is 2.97. The van der Waals surface area contributed by atoms with Crippen LogP contribution < -0.4 is 5.73 Å². The lowest BCUT2D eigenvalue weighted by molar-refractivity contribution is -0.564. The molecule has 2 unspecified atom stereocenters. The van der Waals surface area contributed by atoms with E-state index in [0.717, 1.165) is 12.2 Å². The van der Waals surface area contributed by atoms with Crippen LogP contribution >= 0.6 is 0 Å². The molecule has 15 heavy (non-hydrogen) atoms. The Hall–Kier alpha value is -1.29. The molecular weight excluding hydrogens is 228 g/mol. The standard InChI is InChI=1S/C6H8N2O6S/c7-6(8(10)11)3-4(15(12,13)14)1-2-5(6)9/h1-3,5,9H,7H2,(H,12,13,14). The summed E-state index contributed by atoms with van der Waals surface area (Å²) in [5.74, 6) is 0. The van der Waals surface area contributed by atoms with Crippen LogP contribution in [-0.2, 0) is 10.1 Å². The first-order chi connectivity index (χ1) is 6.68. The third kappa shape index (κ3) is 2.04. The highest BCUT2D eigenvalue weighted by Gasteiger charge is 2.46. The summed E-state index contributed by atoms with van der Waals surface area (Å²) in [6, 6.07) is 0. The molecule has 0 saturated heterocycles. The topological polar surface area (TPSA) is 144 Å². The van der Waals surface area contributed by atoms with Crippen molar-refractivity contribution in [2.45, 2.75) is 11.8 Å². The molecule has 0 saturated carbocycles. The summed E-state index contributed by atoms with van der Waals surface area (Å²) in [6.45, 7) is 0. The van der Waals surface area contributed by atoms with E-state index in [0.29, 0.717) is 6.08 Å². The molecule has 0 aromatic heterocycles. The Morgan fingerprint density at radius 2 is 2.13 bits per heavy atom. The normalized spacial score (nSPS) is 31.1. The van der Waals surface area contributed by atoms with Gasteiger partial charge >= 0.3 is 5.66 Å². The molecule has 2 atom stereocenters. The molecule has 0 aliphatic heterocycles. The molecule has 0 fully saturated rings. The van der Waals surface area contributed by atoms with Crippen molar-refractivity contribution in [2.24, 2.45) is 5.73 Å². The van der Waals surface area contributed by atoms with E-state index in [1.54, 1.807) is 0 Å². The molecule has 4 N–H and O–H groups in total. The smallest absolute Gasteiger partial charge is 0.322 e. The summed E-state index contributed by atoms with van der Waals surface area (Å²) in [5, 5.41) is 19.7. The number of rotatable bonds is 2. The first-order valence-electron chi connectivity index (χ1n) is 3.68. The number of hydrogen-bond acceptors (Lipinski definition) is 6. The van der Waals surface area contributed by atoms with E-state index < -0.39 is 31.7 Å². The third-order valence-electron chi connectivity index (χ3n) is 1.90. The predicted molar refractivity (Wildman–Crippen MR) is 48.7 cm³/mol. The van der Waals surface area contributed by atoms with Crippen LogP contribution in [0, 0.1) is 10.1 Å². The number of aliphatic hydroxyl groups excluding tert-OH is 1. The van der Waals surface area contributed by atoms with Crippen LogP contribution in [0.5, 0.6) is 0 Å². The fraction of sp³-hybridized carbons (Fsp3) is 0.333. The maximum atomic E-state index is 10.7. The van der Waals surface area contributed by atoms with Crippen molar-refractivity contribution in [2.75, 3.05) is 0 Å². The fourth-order valence-electron chi connectivity index (χ4n) is 1.02. The van der Waals surface area contributed by atoms with E-state index in [1.807, 2.05) is 0 Å². The Kier molecular flexibility index (Phi) is 2.65. The highest BCUT2D eigenvalue weighted by atomic mass is 32.2. The molecule has 1 aliphatic carbocycles.